The third-order valence-corrected chi connectivity index (χ3v) is 4.85. The van der Waals surface area contributed by atoms with Crippen molar-refractivity contribution in [3.63, 3.8) is 0 Å². The number of nitrogens with one attached hydrogen (secondary N) is 1. The van der Waals surface area contributed by atoms with Crippen molar-refractivity contribution in [3.8, 4) is 0 Å². The molecule has 2 aromatic rings. The molecule has 22 heavy (non-hydrogen) atoms. The molecule has 0 aliphatic carbocycles. The van der Waals surface area contributed by atoms with Crippen LogP contribution >= 0.6 is 15.9 Å². The Morgan fingerprint density at radius 2 is 2.23 bits per heavy atom. The number of hydrogen-bond donors (Lipinski definition) is 2. The van der Waals surface area contributed by atoms with Crippen molar-refractivity contribution < 1.29 is 4.79 Å². The number of carbonyl (C=O) groups excluding carboxylic acids is 1. The summed E-state index contributed by atoms with van der Waals surface area (Å²) in [5.41, 5.74) is 6.69. The summed E-state index contributed by atoms with van der Waals surface area (Å²) >= 11 is 3.45. The predicted molar refractivity (Wildman–Crippen MR) is 85.7 cm³/mol. The summed E-state index contributed by atoms with van der Waals surface area (Å²) < 4.78 is 2.59. The van der Waals surface area contributed by atoms with Crippen molar-refractivity contribution in [1.82, 2.24) is 24.6 Å². The molecule has 8 nitrogen and oxygen atoms in total. The highest BCUT2D eigenvalue weighted by molar-refractivity contribution is 9.10. The molecule has 2 aliphatic rings. The van der Waals surface area contributed by atoms with Gasteiger partial charge in [-0.15, -0.1) is 0 Å². The molecule has 2 aromatic heterocycles. The van der Waals surface area contributed by atoms with Crippen molar-refractivity contribution in [2.75, 3.05) is 43.4 Å². The normalized spacial score (nSPS) is 22.7. The molecule has 0 saturated carbocycles. The van der Waals surface area contributed by atoms with E-state index in [0.29, 0.717) is 17.0 Å². The molecule has 2 saturated heterocycles. The van der Waals surface area contributed by atoms with E-state index >= 15 is 0 Å². The molecule has 1 amide bonds. The van der Waals surface area contributed by atoms with E-state index in [1.165, 1.54) is 0 Å². The van der Waals surface area contributed by atoms with Crippen LogP contribution < -0.4 is 16.0 Å². The molecule has 4 heterocycles. The molecular formula is C13H16BrN7O. The highest BCUT2D eigenvalue weighted by Crippen LogP contribution is 2.28. The summed E-state index contributed by atoms with van der Waals surface area (Å²) in [7, 11) is 0. The maximum absolute atomic E-state index is 12.1. The van der Waals surface area contributed by atoms with Crippen molar-refractivity contribution in [1.29, 1.82) is 0 Å². The van der Waals surface area contributed by atoms with Crippen molar-refractivity contribution in [3.05, 3.63) is 17.0 Å². The minimum atomic E-state index is -0.118. The van der Waals surface area contributed by atoms with E-state index in [4.69, 9.17) is 5.73 Å². The van der Waals surface area contributed by atoms with Crippen LogP contribution in [0.5, 0.6) is 0 Å². The quantitative estimate of drug-likeness (QED) is 0.720. The number of amides is 1. The van der Waals surface area contributed by atoms with E-state index in [2.05, 4.69) is 41.0 Å². The van der Waals surface area contributed by atoms with Gasteiger partial charge in [0.2, 0.25) is 11.9 Å². The van der Waals surface area contributed by atoms with E-state index in [9.17, 15) is 4.79 Å². The lowest BCUT2D eigenvalue weighted by Crippen LogP contribution is -2.64. The zero-order valence-corrected chi connectivity index (χ0v) is 13.5. The Morgan fingerprint density at radius 3 is 3.09 bits per heavy atom. The Balaban J connectivity index is 1.71. The smallest absolute Gasteiger partial charge is 0.239 e. The molecular weight excluding hydrogens is 350 g/mol. The molecule has 1 unspecified atom stereocenters. The van der Waals surface area contributed by atoms with Crippen LogP contribution in [0.2, 0.25) is 0 Å². The lowest BCUT2D eigenvalue weighted by atomic mass is 10.1. The third kappa shape index (κ3) is 2.03. The van der Waals surface area contributed by atoms with Gasteiger partial charge in [0.1, 0.15) is 16.2 Å². The number of carbonyl (C=O) groups is 1. The van der Waals surface area contributed by atoms with Crippen LogP contribution in [0, 0.1) is 0 Å². The van der Waals surface area contributed by atoms with Gasteiger partial charge in [0.25, 0.3) is 0 Å². The average molecular weight is 366 g/mol. The number of halogens is 1. The van der Waals surface area contributed by atoms with Crippen LogP contribution in [0.15, 0.2) is 17.0 Å². The molecule has 0 spiro atoms. The maximum atomic E-state index is 12.1. The number of aromatic nitrogens is 3. The number of nitrogens with zero attached hydrogens (tertiary/aromatic N) is 5. The highest BCUT2D eigenvalue weighted by Gasteiger charge is 2.36. The number of piperazine rings is 2. The molecule has 3 N–H and O–H groups in total. The van der Waals surface area contributed by atoms with Gasteiger partial charge in [-0.25, -0.2) is 9.97 Å². The van der Waals surface area contributed by atoms with Crippen molar-refractivity contribution >= 4 is 39.1 Å². The fourth-order valence-corrected chi connectivity index (χ4v) is 3.74. The second-order valence-electron chi connectivity index (χ2n) is 5.52. The lowest BCUT2D eigenvalue weighted by Gasteiger charge is -2.43. The largest absolute Gasteiger partial charge is 0.382 e. The fraction of sp³-hybridized carbons (Fsp3) is 0.462. The van der Waals surface area contributed by atoms with Gasteiger partial charge in [-0.3, -0.25) is 14.1 Å². The fourth-order valence-electron chi connectivity index (χ4n) is 3.19. The van der Waals surface area contributed by atoms with E-state index in [1.807, 2.05) is 10.6 Å². The molecule has 2 aliphatic heterocycles. The molecule has 1 atom stereocenters. The van der Waals surface area contributed by atoms with E-state index < -0.39 is 0 Å². The number of anilines is 2. The van der Waals surface area contributed by atoms with Crippen LogP contribution in [-0.4, -0.2) is 63.9 Å². The summed E-state index contributed by atoms with van der Waals surface area (Å²) in [6, 6.07) is -0.118. The van der Waals surface area contributed by atoms with Gasteiger partial charge in [0.05, 0.1) is 0 Å². The monoisotopic (exact) mass is 365 g/mol. The Kier molecular flexibility index (Phi) is 3.19. The summed E-state index contributed by atoms with van der Waals surface area (Å²) in [5, 5.41) is 2.93. The first-order valence-electron chi connectivity index (χ1n) is 7.20. The molecule has 2 fully saturated rings. The number of nitrogen functional groups attached to an aromatic ring is 1. The lowest BCUT2D eigenvalue weighted by molar-refractivity contribution is -0.129. The SMILES string of the molecule is Nc1nccn2c(N3CCN4CCNC(=O)C4C3)nc(Br)c12. The van der Waals surface area contributed by atoms with Crippen molar-refractivity contribution in [2.24, 2.45) is 0 Å². The van der Waals surface area contributed by atoms with Crippen molar-refractivity contribution in [2.45, 2.75) is 6.04 Å². The zero-order chi connectivity index (χ0) is 15.3. The second kappa shape index (κ2) is 5.10. The summed E-state index contributed by atoms with van der Waals surface area (Å²) in [6.07, 6.45) is 3.50. The summed E-state index contributed by atoms with van der Waals surface area (Å²) in [6.45, 7) is 3.95. The first-order chi connectivity index (χ1) is 10.6. The van der Waals surface area contributed by atoms with Crippen LogP contribution in [-0.2, 0) is 4.79 Å². The number of rotatable bonds is 1. The molecule has 0 bridgehead atoms. The number of hydrogen-bond acceptors (Lipinski definition) is 6. The number of nitrogens with two attached hydrogens (primary N) is 1. The van der Waals surface area contributed by atoms with Gasteiger partial charge >= 0.3 is 0 Å². The maximum Gasteiger partial charge on any atom is 0.239 e. The molecule has 0 radical (unpaired) electrons. The van der Waals surface area contributed by atoms with E-state index in [-0.39, 0.29) is 11.9 Å². The predicted octanol–water partition coefficient (Wildman–Crippen LogP) is -0.306. The Hall–Kier alpha value is -1.87. The second-order valence-corrected chi connectivity index (χ2v) is 6.27. The minimum absolute atomic E-state index is 0.0945. The summed E-state index contributed by atoms with van der Waals surface area (Å²) in [5.74, 6) is 1.31. The van der Waals surface area contributed by atoms with Crippen LogP contribution in [0.25, 0.3) is 5.52 Å². The summed E-state index contributed by atoms with van der Waals surface area (Å²) in [4.78, 5) is 25.1. The van der Waals surface area contributed by atoms with Crippen LogP contribution in [0.3, 0.4) is 0 Å². The first kappa shape index (κ1) is 13.8. The zero-order valence-electron chi connectivity index (χ0n) is 11.9. The van der Waals surface area contributed by atoms with E-state index in [0.717, 1.165) is 37.6 Å². The van der Waals surface area contributed by atoms with Gasteiger partial charge < -0.3 is 16.0 Å². The van der Waals surface area contributed by atoms with E-state index in [1.54, 1.807) is 6.20 Å². The minimum Gasteiger partial charge on any atom is -0.382 e. The number of imidazole rings is 1. The van der Waals surface area contributed by atoms with Gasteiger partial charge in [0, 0.05) is 45.1 Å². The topological polar surface area (TPSA) is 91.8 Å². The van der Waals surface area contributed by atoms with Gasteiger partial charge in [-0.2, -0.15) is 0 Å². The molecule has 9 heteroatoms. The first-order valence-corrected chi connectivity index (χ1v) is 7.99. The van der Waals surface area contributed by atoms with Crippen LogP contribution in [0.1, 0.15) is 0 Å². The highest BCUT2D eigenvalue weighted by atomic mass is 79.9. The van der Waals surface area contributed by atoms with Gasteiger partial charge in [-0.1, -0.05) is 0 Å². The Labute approximate surface area is 135 Å². The van der Waals surface area contributed by atoms with Gasteiger partial charge in [0.15, 0.2) is 5.82 Å². The number of fused-ring (bicyclic) bond motifs is 2. The third-order valence-electron chi connectivity index (χ3n) is 4.30. The molecule has 0 aromatic carbocycles. The molecule has 116 valence electrons. The standard InChI is InChI=1S/C13H16BrN7O/c14-10-9-11(15)16-2-4-21(9)13(18-10)20-6-5-19-3-1-17-12(22)8(19)7-20/h2,4,8H,1,3,5-7H2,(H2,15,16)(H,17,22). The van der Waals surface area contributed by atoms with Gasteiger partial charge in [-0.05, 0) is 15.9 Å². The molecule has 4 rings (SSSR count). The van der Waals surface area contributed by atoms with Crippen LogP contribution in [0.4, 0.5) is 11.8 Å². The Bertz CT molecular complexity index is 745. The Morgan fingerprint density at radius 1 is 1.36 bits per heavy atom. The average Bonchev–Trinajstić information content (AvgIpc) is 2.86.